The maximum absolute atomic E-state index is 14.2. The molecule has 0 atom stereocenters. The van der Waals surface area contributed by atoms with Gasteiger partial charge in [0.05, 0.1) is 14.2 Å². The SMILES string of the molecule is COc1c(F)cc(C2(CN)CCCCC2)c(OC)c1Br. The van der Waals surface area contributed by atoms with Crippen LogP contribution in [-0.4, -0.2) is 20.8 Å². The number of nitrogens with two attached hydrogens (primary N) is 1. The van der Waals surface area contributed by atoms with Gasteiger partial charge in [0.2, 0.25) is 0 Å². The number of hydrogen-bond donors (Lipinski definition) is 1. The van der Waals surface area contributed by atoms with E-state index in [2.05, 4.69) is 15.9 Å². The van der Waals surface area contributed by atoms with Crippen molar-refractivity contribution < 1.29 is 13.9 Å². The third-order valence-electron chi connectivity index (χ3n) is 4.31. The Balaban J connectivity index is 2.60. The molecule has 0 bridgehead atoms. The molecule has 0 amide bonds. The van der Waals surface area contributed by atoms with Crippen LogP contribution < -0.4 is 15.2 Å². The largest absolute Gasteiger partial charge is 0.495 e. The van der Waals surface area contributed by atoms with Crippen LogP contribution in [0.4, 0.5) is 4.39 Å². The lowest BCUT2D eigenvalue weighted by atomic mass is 9.69. The van der Waals surface area contributed by atoms with Crippen molar-refractivity contribution in [2.75, 3.05) is 20.8 Å². The number of rotatable bonds is 4. The summed E-state index contributed by atoms with van der Waals surface area (Å²) in [7, 11) is 3.04. The Labute approximate surface area is 127 Å². The maximum atomic E-state index is 14.2. The molecule has 1 fully saturated rings. The fourth-order valence-electron chi connectivity index (χ4n) is 3.18. The molecule has 1 aromatic carbocycles. The molecule has 1 aliphatic rings. The predicted octanol–water partition coefficient (Wildman–Crippen LogP) is 3.77. The Hall–Kier alpha value is -0.810. The zero-order valence-corrected chi connectivity index (χ0v) is 13.6. The van der Waals surface area contributed by atoms with Crippen LogP contribution in [-0.2, 0) is 5.41 Å². The van der Waals surface area contributed by atoms with Gasteiger partial charge in [-0.05, 0) is 34.8 Å². The van der Waals surface area contributed by atoms with E-state index in [-0.39, 0.29) is 17.0 Å². The summed E-state index contributed by atoms with van der Waals surface area (Å²) < 4.78 is 25.4. The monoisotopic (exact) mass is 345 g/mol. The molecule has 0 aliphatic heterocycles. The lowest BCUT2D eigenvalue weighted by Crippen LogP contribution is -2.37. The molecule has 112 valence electrons. The summed E-state index contributed by atoms with van der Waals surface area (Å²) in [6.07, 6.45) is 5.39. The second kappa shape index (κ2) is 6.31. The van der Waals surface area contributed by atoms with Crippen molar-refractivity contribution in [3.05, 3.63) is 21.9 Å². The Kier molecular flexibility index (Phi) is 4.91. The molecular formula is C15H21BrFNO2. The van der Waals surface area contributed by atoms with Crippen molar-refractivity contribution in [3.8, 4) is 11.5 Å². The first-order valence-corrected chi connectivity index (χ1v) is 7.69. The van der Waals surface area contributed by atoms with Crippen molar-refractivity contribution >= 4 is 15.9 Å². The average molecular weight is 346 g/mol. The van der Waals surface area contributed by atoms with Gasteiger partial charge >= 0.3 is 0 Å². The summed E-state index contributed by atoms with van der Waals surface area (Å²) in [5.74, 6) is 0.428. The third kappa shape index (κ3) is 2.53. The number of benzene rings is 1. The fraction of sp³-hybridized carbons (Fsp3) is 0.600. The van der Waals surface area contributed by atoms with Crippen LogP contribution in [0, 0.1) is 5.82 Å². The second-order valence-corrected chi connectivity index (χ2v) is 6.12. The molecule has 0 unspecified atom stereocenters. The van der Waals surface area contributed by atoms with E-state index in [1.165, 1.54) is 19.6 Å². The summed E-state index contributed by atoms with van der Waals surface area (Å²) in [5, 5.41) is 0. The van der Waals surface area contributed by atoms with E-state index in [4.69, 9.17) is 15.2 Å². The summed E-state index contributed by atoms with van der Waals surface area (Å²) in [4.78, 5) is 0. The highest BCUT2D eigenvalue weighted by atomic mass is 79.9. The van der Waals surface area contributed by atoms with Gasteiger partial charge in [-0.25, -0.2) is 4.39 Å². The van der Waals surface area contributed by atoms with Gasteiger partial charge in [0.15, 0.2) is 11.6 Å². The topological polar surface area (TPSA) is 44.5 Å². The predicted molar refractivity (Wildman–Crippen MR) is 81.0 cm³/mol. The first-order valence-electron chi connectivity index (χ1n) is 6.90. The lowest BCUT2D eigenvalue weighted by molar-refractivity contribution is 0.283. The quantitative estimate of drug-likeness (QED) is 0.903. The van der Waals surface area contributed by atoms with Crippen LogP contribution in [0.25, 0.3) is 0 Å². The zero-order valence-electron chi connectivity index (χ0n) is 12.0. The standard InChI is InChI=1S/C15H21BrFNO2/c1-19-13-10(8-11(17)14(20-2)12(13)16)15(9-18)6-4-3-5-7-15/h8H,3-7,9,18H2,1-2H3. The van der Waals surface area contributed by atoms with E-state index in [1.54, 1.807) is 7.11 Å². The molecule has 0 heterocycles. The summed E-state index contributed by atoms with van der Waals surface area (Å²) in [5.41, 5.74) is 6.70. The molecule has 0 spiro atoms. The first kappa shape index (κ1) is 15.6. The molecule has 2 N–H and O–H groups in total. The van der Waals surface area contributed by atoms with E-state index in [1.807, 2.05) is 0 Å². The molecule has 0 saturated heterocycles. The van der Waals surface area contributed by atoms with Gasteiger partial charge in [0.25, 0.3) is 0 Å². The number of methoxy groups -OCH3 is 2. The van der Waals surface area contributed by atoms with E-state index in [9.17, 15) is 4.39 Å². The summed E-state index contributed by atoms with van der Waals surface area (Å²) in [6.45, 7) is 0.502. The molecule has 2 rings (SSSR count). The molecule has 1 aliphatic carbocycles. The Morgan fingerprint density at radius 2 is 1.80 bits per heavy atom. The van der Waals surface area contributed by atoms with Gasteiger partial charge < -0.3 is 15.2 Å². The van der Waals surface area contributed by atoms with Crippen molar-refractivity contribution in [1.29, 1.82) is 0 Å². The van der Waals surface area contributed by atoms with Gasteiger partial charge in [0.1, 0.15) is 10.2 Å². The normalized spacial score (nSPS) is 17.9. The molecule has 1 aromatic rings. The Morgan fingerprint density at radius 1 is 1.20 bits per heavy atom. The minimum Gasteiger partial charge on any atom is -0.495 e. The van der Waals surface area contributed by atoms with Crippen LogP contribution in [0.3, 0.4) is 0 Å². The van der Waals surface area contributed by atoms with Crippen LogP contribution in [0.1, 0.15) is 37.7 Å². The molecule has 20 heavy (non-hydrogen) atoms. The number of hydrogen-bond acceptors (Lipinski definition) is 3. The molecule has 1 saturated carbocycles. The van der Waals surface area contributed by atoms with Crippen LogP contribution in [0.15, 0.2) is 10.5 Å². The lowest BCUT2D eigenvalue weighted by Gasteiger charge is -2.38. The summed E-state index contributed by atoms with van der Waals surface area (Å²) in [6, 6.07) is 1.53. The molecular weight excluding hydrogens is 325 g/mol. The van der Waals surface area contributed by atoms with Gasteiger partial charge in [-0.1, -0.05) is 19.3 Å². The van der Waals surface area contributed by atoms with Gasteiger partial charge in [0, 0.05) is 17.5 Å². The maximum Gasteiger partial charge on any atom is 0.172 e. The average Bonchev–Trinajstić information content (AvgIpc) is 2.48. The van der Waals surface area contributed by atoms with E-state index in [0.29, 0.717) is 16.8 Å². The number of ether oxygens (including phenoxy) is 2. The van der Waals surface area contributed by atoms with Gasteiger partial charge in [-0.15, -0.1) is 0 Å². The minimum absolute atomic E-state index is 0.175. The van der Waals surface area contributed by atoms with Crippen molar-refractivity contribution in [3.63, 3.8) is 0 Å². The van der Waals surface area contributed by atoms with Crippen LogP contribution in [0.5, 0.6) is 11.5 Å². The van der Waals surface area contributed by atoms with E-state index >= 15 is 0 Å². The van der Waals surface area contributed by atoms with Gasteiger partial charge in [-0.2, -0.15) is 0 Å². The summed E-state index contributed by atoms with van der Waals surface area (Å²) >= 11 is 3.39. The smallest absolute Gasteiger partial charge is 0.172 e. The second-order valence-electron chi connectivity index (χ2n) is 5.33. The molecule has 5 heteroatoms. The van der Waals surface area contributed by atoms with E-state index < -0.39 is 0 Å². The van der Waals surface area contributed by atoms with Crippen molar-refractivity contribution in [2.45, 2.75) is 37.5 Å². The van der Waals surface area contributed by atoms with Crippen LogP contribution >= 0.6 is 15.9 Å². The minimum atomic E-state index is -0.381. The highest BCUT2D eigenvalue weighted by Gasteiger charge is 2.37. The van der Waals surface area contributed by atoms with Crippen molar-refractivity contribution in [2.24, 2.45) is 5.73 Å². The third-order valence-corrected chi connectivity index (χ3v) is 5.03. The molecule has 3 nitrogen and oxygen atoms in total. The van der Waals surface area contributed by atoms with Gasteiger partial charge in [-0.3, -0.25) is 0 Å². The zero-order chi connectivity index (χ0) is 14.8. The number of halogens is 2. The molecule has 0 radical (unpaired) electrons. The fourth-order valence-corrected chi connectivity index (χ4v) is 3.90. The Bertz CT molecular complexity index is 487. The highest BCUT2D eigenvalue weighted by molar-refractivity contribution is 9.10. The Morgan fingerprint density at radius 3 is 2.30 bits per heavy atom. The first-order chi connectivity index (χ1) is 9.59. The molecule has 0 aromatic heterocycles. The van der Waals surface area contributed by atoms with Crippen LogP contribution in [0.2, 0.25) is 0 Å². The van der Waals surface area contributed by atoms with Crippen molar-refractivity contribution in [1.82, 2.24) is 0 Å². The highest BCUT2D eigenvalue weighted by Crippen LogP contribution is 2.48. The van der Waals surface area contributed by atoms with E-state index in [0.717, 1.165) is 31.2 Å².